The summed E-state index contributed by atoms with van der Waals surface area (Å²) >= 11 is 1.88. The van der Waals surface area contributed by atoms with Crippen molar-refractivity contribution in [3.63, 3.8) is 0 Å². The second-order valence-corrected chi connectivity index (χ2v) is 5.88. The Morgan fingerprint density at radius 1 is 1.53 bits per heavy atom. The van der Waals surface area contributed by atoms with E-state index < -0.39 is 0 Å². The first-order valence-corrected chi connectivity index (χ1v) is 6.77. The van der Waals surface area contributed by atoms with Crippen LogP contribution in [0.3, 0.4) is 0 Å². The molecule has 90 valence electrons. The van der Waals surface area contributed by atoms with Crippen LogP contribution in [0.15, 0.2) is 18.7 Å². The van der Waals surface area contributed by atoms with Gasteiger partial charge in [-0.15, -0.1) is 11.3 Å². The van der Waals surface area contributed by atoms with Crippen molar-refractivity contribution in [2.75, 3.05) is 0 Å². The van der Waals surface area contributed by atoms with Gasteiger partial charge in [-0.3, -0.25) is 0 Å². The molecular weight excluding hydrogens is 232 g/mol. The number of nitrogens with one attached hydrogen (secondary N) is 1. The van der Waals surface area contributed by atoms with Crippen LogP contribution in [0.2, 0.25) is 0 Å². The summed E-state index contributed by atoms with van der Waals surface area (Å²) in [6.45, 7) is 4.01. The minimum absolute atomic E-state index is 0.774. The lowest BCUT2D eigenvalue weighted by molar-refractivity contribution is 0.679. The molecule has 17 heavy (non-hydrogen) atoms. The van der Waals surface area contributed by atoms with E-state index in [2.05, 4.69) is 28.4 Å². The van der Waals surface area contributed by atoms with Crippen molar-refractivity contribution in [3.05, 3.63) is 34.0 Å². The van der Waals surface area contributed by atoms with Gasteiger partial charge in [0.05, 0.1) is 6.54 Å². The van der Waals surface area contributed by atoms with Gasteiger partial charge in [-0.05, 0) is 31.4 Å². The summed E-state index contributed by atoms with van der Waals surface area (Å²) in [5.74, 6) is 0. The van der Waals surface area contributed by atoms with Gasteiger partial charge in [-0.25, -0.2) is 9.67 Å². The molecule has 0 saturated heterocycles. The molecule has 0 radical (unpaired) electrons. The smallest absolute Gasteiger partial charge is 0.137 e. The molecule has 3 rings (SSSR count). The lowest BCUT2D eigenvalue weighted by Gasteiger charge is -1.99. The molecule has 1 aliphatic rings. The first-order valence-electron chi connectivity index (χ1n) is 5.95. The zero-order valence-electron chi connectivity index (χ0n) is 9.89. The predicted octanol–water partition coefficient (Wildman–Crippen LogP) is 1.95. The minimum Gasteiger partial charge on any atom is -0.309 e. The van der Waals surface area contributed by atoms with E-state index in [1.54, 1.807) is 12.7 Å². The van der Waals surface area contributed by atoms with E-state index in [0.29, 0.717) is 0 Å². The van der Waals surface area contributed by atoms with Crippen molar-refractivity contribution in [2.45, 2.75) is 38.9 Å². The number of hydrogen-bond donors (Lipinski definition) is 1. The molecule has 2 heterocycles. The molecule has 0 aromatic carbocycles. The molecule has 2 aromatic rings. The molecule has 0 atom stereocenters. The maximum atomic E-state index is 4.14. The highest BCUT2D eigenvalue weighted by Gasteiger charge is 2.20. The molecule has 1 aliphatic carbocycles. The van der Waals surface area contributed by atoms with E-state index in [1.807, 2.05) is 16.0 Å². The first kappa shape index (κ1) is 10.9. The zero-order valence-corrected chi connectivity index (χ0v) is 10.7. The topological polar surface area (TPSA) is 42.7 Å². The number of aromatic nitrogens is 3. The van der Waals surface area contributed by atoms with Crippen molar-refractivity contribution in [1.82, 2.24) is 20.1 Å². The van der Waals surface area contributed by atoms with Crippen molar-refractivity contribution in [3.8, 4) is 0 Å². The quantitative estimate of drug-likeness (QED) is 0.879. The highest BCUT2D eigenvalue weighted by atomic mass is 32.1. The fraction of sp³-hybridized carbons (Fsp3) is 0.500. The maximum Gasteiger partial charge on any atom is 0.137 e. The summed E-state index contributed by atoms with van der Waals surface area (Å²) in [6, 6.07) is 3.06. The van der Waals surface area contributed by atoms with E-state index in [4.69, 9.17) is 0 Å². The fourth-order valence-electron chi connectivity index (χ4n) is 1.85. The molecule has 5 heteroatoms. The van der Waals surface area contributed by atoms with Crippen molar-refractivity contribution < 1.29 is 0 Å². The highest BCUT2D eigenvalue weighted by molar-refractivity contribution is 7.12. The third kappa shape index (κ3) is 2.73. The van der Waals surface area contributed by atoms with Gasteiger partial charge in [0.2, 0.25) is 0 Å². The van der Waals surface area contributed by atoms with Gasteiger partial charge < -0.3 is 5.32 Å². The Morgan fingerprint density at radius 3 is 3.12 bits per heavy atom. The average molecular weight is 248 g/mol. The molecule has 1 N–H and O–H groups in total. The van der Waals surface area contributed by atoms with E-state index in [-0.39, 0.29) is 0 Å². The Balaban J connectivity index is 1.66. The number of nitrogens with zero attached hydrogens (tertiary/aromatic N) is 3. The lowest BCUT2D eigenvalue weighted by Crippen LogP contribution is -2.14. The Kier molecular flexibility index (Phi) is 2.94. The highest BCUT2D eigenvalue weighted by Crippen LogP contribution is 2.24. The van der Waals surface area contributed by atoms with Crippen molar-refractivity contribution in [1.29, 1.82) is 0 Å². The van der Waals surface area contributed by atoms with E-state index >= 15 is 0 Å². The van der Waals surface area contributed by atoms with Crippen LogP contribution in [0.25, 0.3) is 0 Å². The normalized spacial score (nSPS) is 15.4. The molecule has 0 bridgehead atoms. The molecule has 1 saturated carbocycles. The Labute approximate surface area is 105 Å². The van der Waals surface area contributed by atoms with Crippen molar-refractivity contribution in [2.24, 2.45) is 0 Å². The zero-order chi connectivity index (χ0) is 11.7. The lowest BCUT2D eigenvalue weighted by atomic mass is 10.2. The monoisotopic (exact) mass is 248 g/mol. The molecule has 1 fully saturated rings. The number of hydrogen-bond acceptors (Lipinski definition) is 4. The van der Waals surface area contributed by atoms with E-state index in [1.165, 1.54) is 28.2 Å². The Morgan fingerprint density at radius 2 is 2.41 bits per heavy atom. The summed E-state index contributed by atoms with van der Waals surface area (Å²) in [4.78, 5) is 6.77. The summed E-state index contributed by atoms with van der Waals surface area (Å²) < 4.78 is 1.87. The predicted molar refractivity (Wildman–Crippen MR) is 68.0 cm³/mol. The first-order chi connectivity index (χ1) is 8.31. The van der Waals surface area contributed by atoms with Gasteiger partial charge in [0.15, 0.2) is 0 Å². The largest absolute Gasteiger partial charge is 0.309 e. The maximum absolute atomic E-state index is 4.14. The summed E-state index contributed by atoms with van der Waals surface area (Å²) in [5, 5.41) is 7.69. The van der Waals surface area contributed by atoms with Crippen LogP contribution in [0.5, 0.6) is 0 Å². The van der Waals surface area contributed by atoms with Crippen molar-refractivity contribution >= 4 is 11.3 Å². The van der Waals surface area contributed by atoms with Crippen LogP contribution in [0.4, 0.5) is 0 Å². The van der Waals surface area contributed by atoms with Gasteiger partial charge in [-0.1, -0.05) is 0 Å². The number of thiophene rings is 1. The van der Waals surface area contributed by atoms with Crippen LogP contribution >= 0.6 is 11.3 Å². The second-order valence-electron chi connectivity index (χ2n) is 4.54. The molecule has 0 aliphatic heterocycles. The summed E-state index contributed by atoms with van der Waals surface area (Å²) in [7, 11) is 0. The van der Waals surface area contributed by atoms with Crippen LogP contribution in [-0.2, 0) is 13.1 Å². The Hall–Kier alpha value is -1.20. The molecule has 2 aromatic heterocycles. The van der Waals surface area contributed by atoms with Gasteiger partial charge in [0.25, 0.3) is 0 Å². The SMILES string of the molecule is Cc1sc(CNC2CC2)cc1Cn1cncn1. The van der Waals surface area contributed by atoms with Gasteiger partial charge in [-0.2, -0.15) is 5.10 Å². The van der Waals surface area contributed by atoms with Crippen LogP contribution < -0.4 is 5.32 Å². The third-order valence-electron chi connectivity index (χ3n) is 3.01. The molecule has 0 unspecified atom stereocenters. The third-order valence-corrected chi connectivity index (χ3v) is 4.11. The molecule has 4 nitrogen and oxygen atoms in total. The van der Waals surface area contributed by atoms with Gasteiger partial charge >= 0.3 is 0 Å². The number of rotatable bonds is 5. The summed E-state index contributed by atoms with van der Waals surface area (Å²) in [5.41, 5.74) is 1.35. The van der Waals surface area contributed by atoms with E-state index in [0.717, 1.165) is 19.1 Å². The van der Waals surface area contributed by atoms with Crippen LogP contribution in [0, 0.1) is 6.92 Å². The molecule has 0 amide bonds. The number of aryl methyl sites for hydroxylation is 1. The van der Waals surface area contributed by atoms with Crippen LogP contribution in [-0.4, -0.2) is 20.8 Å². The minimum atomic E-state index is 0.774. The molecular formula is C12H16N4S. The fourth-order valence-corrected chi connectivity index (χ4v) is 2.86. The molecule has 0 spiro atoms. The van der Waals surface area contributed by atoms with Gasteiger partial charge in [0.1, 0.15) is 12.7 Å². The standard InChI is InChI=1S/C12H16N4S/c1-9-10(6-16-8-13-7-15-16)4-12(17-9)5-14-11-2-3-11/h4,7-8,11,14H,2-3,5-6H2,1H3. The average Bonchev–Trinajstić information content (AvgIpc) is 2.89. The van der Waals surface area contributed by atoms with Crippen LogP contribution in [0.1, 0.15) is 28.2 Å². The van der Waals surface area contributed by atoms with Gasteiger partial charge in [0, 0.05) is 22.3 Å². The van der Waals surface area contributed by atoms with E-state index in [9.17, 15) is 0 Å². The summed E-state index contributed by atoms with van der Waals surface area (Å²) in [6.07, 6.45) is 6.03. The second kappa shape index (κ2) is 4.58. The Bertz CT molecular complexity index is 485.